The fourth-order valence-electron chi connectivity index (χ4n) is 0.849. The first-order chi connectivity index (χ1) is 6.95. The molecule has 0 radical (unpaired) electrons. The van der Waals surface area contributed by atoms with Gasteiger partial charge in [-0.1, -0.05) is 0 Å². The van der Waals surface area contributed by atoms with Gasteiger partial charge in [0.25, 0.3) is 0 Å². The van der Waals surface area contributed by atoms with Crippen molar-refractivity contribution in [3.05, 3.63) is 0 Å². The lowest BCUT2D eigenvalue weighted by Crippen LogP contribution is -2.27. The van der Waals surface area contributed by atoms with Gasteiger partial charge in [0.15, 0.2) is 0 Å². The molecule has 6 heteroatoms. The van der Waals surface area contributed by atoms with E-state index in [0.29, 0.717) is 0 Å². The van der Waals surface area contributed by atoms with Gasteiger partial charge in [-0.15, -0.1) is 0 Å². The number of hydrogen-bond acceptors (Lipinski definition) is 6. The van der Waals surface area contributed by atoms with Crippen molar-refractivity contribution >= 4 is 17.9 Å². The Morgan fingerprint density at radius 2 is 1.73 bits per heavy atom. The van der Waals surface area contributed by atoms with Gasteiger partial charge in [-0.25, -0.2) is 0 Å². The van der Waals surface area contributed by atoms with Crippen LogP contribution in [-0.2, 0) is 28.6 Å². The molecule has 0 aromatic heterocycles. The van der Waals surface area contributed by atoms with Crippen LogP contribution in [0.1, 0.15) is 20.3 Å². The Morgan fingerprint density at radius 3 is 2.13 bits per heavy atom. The molecule has 0 heterocycles. The molecule has 0 aromatic carbocycles. The normalized spacial score (nSPS) is 11.4. The topological polar surface area (TPSA) is 78.9 Å². The van der Waals surface area contributed by atoms with Crippen molar-refractivity contribution in [2.45, 2.75) is 26.4 Å². The Labute approximate surface area is 87.5 Å². The molecular formula is C9H14O6. The average Bonchev–Trinajstić information content (AvgIpc) is 2.13. The number of esters is 3. The van der Waals surface area contributed by atoms with Crippen LogP contribution in [0.25, 0.3) is 0 Å². The second-order valence-electron chi connectivity index (χ2n) is 2.81. The molecule has 0 aliphatic rings. The van der Waals surface area contributed by atoms with Crippen LogP contribution in [0.15, 0.2) is 0 Å². The van der Waals surface area contributed by atoms with E-state index in [1.54, 1.807) is 0 Å². The maximum atomic E-state index is 10.9. The van der Waals surface area contributed by atoms with Gasteiger partial charge in [-0.3, -0.25) is 14.4 Å². The Kier molecular flexibility index (Phi) is 6.08. The Morgan fingerprint density at radius 1 is 1.13 bits per heavy atom. The molecule has 1 atom stereocenters. The van der Waals surface area contributed by atoms with Crippen LogP contribution in [-0.4, -0.2) is 37.7 Å². The third-order valence-electron chi connectivity index (χ3n) is 1.43. The van der Waals surface area contributed by atoms with Crippen molar-refractivity contribution in [1.82, 2.24) is 0 Å². The lowest BCUT2D eigenvalue weighted by Gasteiger charge is -2.15. The lowest BCUT2D eigenvalue weighted by atomic mass is 10.2. The van der Waals surface area contributed by atoms with Crippen LogP contribution in [0.2, 0.25) is 0 Å². The molecule has 0 amide bonds. The fourth-order valence-corrected chi connectivity index (χ4v) is 0.849. The zero-order valence-electron chi connectivity index (χ0n) is 8.94. The summed E-state index contributed by atoms with van der Waals surface area (Å²) in [5, 5.41) is 0. The van der Waals surface area contributed by atoms with E-state index in [2.05, 4.69) is 9.47 Å². The average molecular weight is 218 g/mol. The zero-order chi connectivity index (χ0) is 11.8. The molecule has 0 saturated carbocycles. The minimum absolute atomic E-state index is 0.136. The highest BCUT2D eigenvalue weighted by Gasteiger charge is 2.18. The van der Waals surface area contributed by atoms with Gasteiger partial charge >= 0.3 is 17.9 Å². The maximum absolute atomic E-state index is 10.9. The van der Waals surface area contributed by atoms with Crippen LogP contribution in [0.4, 0.5) is 0 Å². The lowest BCUT2D eigenvalue weighted by molar-refractivity contribution is -0.160. The highest BCUT2D eigenvalue weighted by molar-refractivity contribution is 5.71. The van der Waals surface area contributed by atoms with Gasteiger partial charge in [0.2, 0.25) is 0 Å². The fraction of sp³-hybridized carbons (Fsp3) is 0.667. The number of methoxy groups -OCH3 is 1. The number of hydrogen-bond donors (Lipinski definition) is 0. The Hall–Kier alpha value is -1.59. The molecule has 0 saturated heterocycles. The highest BCUT2D eigenvalue weighted by Crippen LogP contribution is 2.02. The molecule has 0 bridgehead atoms. The highest BCUT2D eigenvalue weighted by atomic mass is 16.6. The van der Waals surface area contributed by atoms with Crippen molar-refractivity contribution in [3.8, 4) is 0 Å². The third kappa shape index (κ3) is 7.48. The van der Waals surface area contributed by atoms with E-state index in [1.807, 2.05) is 0 Å². The van der Waals surface area contributed by atoms with E-state index in [4.69, 9.17) is 4.74 Å². The molecule has 0 aromatic rings. The third-order valence-corrected chi connectivity index (χ3v) is 1.43. The van der Waals surface area contributed by atoms with E-state index in [-0.39, 0.29) is 13.0 Å². The van der Waals surface area contributed by atoms with E-state index < -0.39 is 24.0 Å². The van der Waals surface area contributed by atoms with Crippen molar-refractivity contribution in [1.29, 1.82) is 0 Å². The first kappa shape index (κ1) is 13.4. The Bertz CT molecular complexity index is 247. The van der Waals surface area contributed by atoms with E-state index >= 15 is 0 Å². The van der Waals surface area contributed by atoms with E-state index in [1.165, 1.54) is 21.0 Å². The van der Waals surface area contributed by atoms with Gasteiger partial charge in [-0.05, 0) is 0 Å². The quantitative estimate of drug-likeness (QED) is 0.479. The number of carbonyl (C=O) groups is 3. The summed E-state index contributed by atoms with van der Waals surface area (Å²) >= 11 is 0. The monoisotopic (exact) mass is 218 g/mol. The molecule has 15 heavy (non-hydrogen) atoms. The smallest absolute Gasteiger partial charge is 0.309 e. The van der Waals surface area contributed by atoms with E-state index in [0.717, 1.165) is 0 Å². The number of ether oxygens (including phenoxy) is 3. The molecule has 1 unspecified atom stereocenters. The summed E-state index contributed by atoms with van der Waals surface area (Å²) in [5.74, 6) is -1.58. The van der Waals surface area contributed by atoms with Crippen molar-refractivity contribution in [2.24, 2.45) is 0 Å². The summed E-state index contributed by atoms with van der Waals surface area (Å²) in [6.45, 7) is 2.28. The maximum Gasteiger partial charge on any atom is 0.309 e. The van der Waals surface area contributed by atoms with Crippen LogP contribution in [0.3, 0.4) is 0 Å². The SMILES string of the molecule is COC(=O)CC(COC(C)=O)OC(C)=O. The predicted molar refractivity (Wildman–Crippen MR) is 48.8 cm³/mol. The van der Waals surface area contributed by atoms with Crippen molar-refractivity contribution in [2.75, 3.05) is 13.7 Å². The number of carbonyl (C=O) groups excluding carboxylic acids is 3. The van der Waals surface area contributed by atoms with Crippen LogP contribution < -0.4 is 0 Å². The Balaban J connectivity index is 4.11. The van der Waals surface area contributed by atoms with Gasteiger partial charge < -0.3 is 14.2 Å². The van der Waals surface area contributed by atoms with Gasteiger partial charge in [0.05, 0.1) is 13.5 Å². The first-order valence-electron chi connectivity index (χ1n) is 4.33. The summed E-state index contributed by atoms with van der Waals surface area (Å²) in [6, 6.07) is 0. The minimum atomic E-state index is -0.793. The summed E-state index contributed by atoms with van der Waals surface area (Å²) in [4.78, 5) is 32.1. The number of rotatable bonds is 5. The molecular weight excluding hydrogens is 204 g/mol. The molecule has 86 valence electrons. The molecule has 0 rings (SSSR count). The molecule has 0 aliphatic heterocycles. The van der Waals surface area contributed by atoms with Gasteiger partial charge in [0, 0.05) is 13.8 Å². The van der Waals surface area contributed by atoms with Crippen LogP contribution >= 0.6 is 0 Å². The molecule has 0 N–H and O–H groups in total. The summed E-state index contributed by atoms with van der Waals surface area (Å²) in [7, 11) is 1.22. The molecule has 6 nitrogen and oxygen atoms in total. The largest absolute Gasteiger partial charge is 0.469 e. The van der Waals surface area contributed by atoms with Crippen LogP contribution in [0.5, 0.6) is 0 Å². The summed E-state index contributed by atoms with van der Waals surface area (Å²) in [6.07, 6.45) is -0.928. The summed E-state index contributed by atoms with van der Waals surface area (Å²) < 4.78 is 13.8. The van der Waals surface area contributed by atoms with Gasteiger partial charge in [0.1, 0.15) is 12.7 Å². The van der Waals surface area contributed by atoms with Crippen molar-refractivity contribution in [3.63, 3.8) is 0 Å². The minimum Gasteiger partial charge on any atom is -0.469 e. The first-order valence-corrected chi connectivity index (χ1v) is 4.33. The summed E-state index contributed by atoms with van der Waals surface area (Å²) in [5.41, 5.74) is 0. The molecule has 0 spiro atoms. The zero-order valence-corrected chi connectivity index (χ0v) is 8.94. The van der Waals surface area contributed by atoms with E-state index in [9.17, 15) is 14.4 Å². The second-order valence-corrected chi connectivity index (χ2v) is 2.81. The second kappa shape index (κ2) is 6.80. The standard InChI is InChI=1S/C9H14O6/c1-6(10)14-5-8(15-7(2)11)4-9(12)13-3/h8H,4-5H2,1-3H3. The molecule has 0 fully saturated rings. The van der Waals surface area contributed by atoms with Gasteiger partial charge in [-0.2, -0.15) is 0 Å². The van der Waals surface area contributed by atoms with Crippen molar-refractivity contribution < 1.29 is 28.6 Å². The van der Waals surface area contributed by atoms with Crippen LogP contribution in [0, 0.1) is 0 Å². The predicted octanol–water partition coefficient (Wildman–Crippen LogP) is 0.0443. The molecule has 0 aliphatic carbocycles.